The molecule has 0 aromatic carbocycles. The molecule has 40 heavy (non-hydrogen) atoms. The van der Waals surface area contributed by atoms with E-state index in [1.54, 1.807) is 0 Å². The molecule has 0 atom stereocenters. The van der Waals surface area contributed by atoms with Crippen molar-refractivity contribution in [3.8, 4) is 0 Å². The lowest BCUT2D eigenvalue weighted by molar-refractivity contribution is -0.156. The maximum atomic E-state index is 11.6. The van der Waals surface area contributed by atoms with E-state index in [0.717, 1.165) is 13.0 Å². The van der Waals surface area contributed by atoms with Gasteiger partial charge in [-0.25, -0.2) is 0 Å². The molecule has 0 saturated heterocycles. The van der Waals surface area contributed by atoms with Gasteiger partial charge in [-0.15, -0.1) is 0 Å². The molecule has 0 rings (SSSR count). The van der Waals surface area contributed by atoms with Crippen LogP contribution in [0.4, 0.5) is 0 Å². The van der Waals surface area contributed by atoms with Gasteiger partial charge in [0.2, 0.25) is 0 Å². The zero-order chi connectivity index (χ0) is 29.4. The van der Waals surface area contributed by atoms with Crippen molar-refractivity contribution in [2.75, 3.05) is 66.1 Å². The molecule has 0 saturated carbocycles. The summed E-state index contributed by atoms with van der Waals surface area (Å²) >= 11 is 0. The first kappa shape index (κ1) is 39.3. The third-order valence-corrected chi connectivity index (χ3v) is 6.50. The van der Waals surface area contributed by atoms with Crippen molar-refractivity contribution < 1.29 is 33.2 Å². The molecule has 0 aromatic rings. The Kier molecular flexibility index (Phi) is 30.6. The first-order valence-corrected chi connectivity index (χ1v) is 16.6. The van der Waals surface area contributed by atoms with E-state index in [9.17, 15) is 4.79 Å². The van der Waals surface area contributed by atoms with Crippen molar-refractivity contribution in [2.24, 2.45) is 0 Å². The summed E-state index contributed by atoms with van der Waals surface area (Å²) in [5.74, 6) is -0.244. The predicted octanol–water partition coefficient (Wildman–Crippen LogP) is 8.06. The van der Waals surface area contributed by atoms with Crippen LogP contribution in [0.5, 0.6) is 0 Å². The monoisotopic (exact) mass is 574 g/mol. The van der Waals surface area contributed by atoms with Gasteiger partial charge < -0.3 is 28.4 Å². The molecule has 0 bridgehead atoms. The Balaban J connectivity index is 3.09. The molecule has 7 nitrogen and oxygen atoms in total. The molecule has 0 aromatic heterocycles. The molecule has 0 aliphatic rings. The predicted molar refractivity (Wildman–Crippen MR) is 164 cm³/mol. The van der Waals surface area contributed by atoms with E-state index in [-0.39, 0.29) is 12.4 Å². The summed E-state index contributed by atoms with van der Waals surface area (Å²) in [7, 11) is 0. The van der Waals surface area contributed by atoms with Gasteiger partial charge in [-0.3, -0.25) is 4.79 Å². The Bertz CT molecular complexity index is 508. The Morgan fingerprint density at radius 1 is 0.425 bits per heavy atom. The zero-order valence-corrected chi connectivity index (χ0v) is 26.9. The van der Waals surface area contributed by atoms with Gasteiger partial charge in [0.15, 0.2) is 0 Å². The summed E-state index contributed by atoms with van der Waals surface area (Å²) in [6.07, 6.45) is 22.5. The topological polar surface area (TPSA) is 72.5 Å². The summed E-state index contributed by atoms with van der Waals surface area (Å²) in [5.41, 5.74) is -0.454. The Morgan fingerprint density at radius 3 is 1.07 bits per heavy atom. The summed E-state index contributed by atoms with van der Waals surface area (Å²) in [6, 6.07) is 0. The molecule has 0 fully saturated rings. The Hall–Kier alpha value is -0.730. The molecule has 0 radical (unpaired) electrons. The molecule has 0 unspecified atom stereocenters. The van der Waals surface area contributed by atoms with Gasteiger partial charge in [-0.2, -0.15) is 0 Å². The number of esters is 1. The van der Waals surface area contributed by atoms with Crippen LogP contribution in [0, 0.1) is 0 Å². The van der Waals surface area contributed by atoms with Crippen molar-refractivity contribution in [2.45, 2.75) is 142 Å². The van der Waals surface area contributed by atoms with E-state index in [0.29, 0.717) is 59.5 Å². The van der Waals surface area contributed by atoms with E-state index in [1.165, 1.54) is 96.3 Å². The third kappa shape index (κ3) is 35.3. The minimum Gasteiger partial charge on any atom is -0.460 e. The van der Waals surface area contributed by atoms with Crippen LogP contribution in [0.3, 0.4) is 0 Å². The van der Waals surface area contributed by atoms with E-state index in [4.69, 9.17) is 28.4 Å². The van der Waals surface area contributed by atoms with E-state index >= 15 is 0 Å². The van der Waals surface area contributed by atoms with Crippen LogP contribution in [0.1, 0.15) is 137 Å². The van der Waals surface area contributed by atoms with Crippen LogP contribution >= 0.6 is 0 Å². The van der Waals surface area contributed by atoms with Crippen molar-refractivity contribution in [1.82, 2.24) is 0 Å². The fourth-order valence-corrected chi connectivity index (χ4v) is 4.28. The molecule has 0 heterocycles. The van der Waals surface area contributed by atoms with E-state index in [1.807, 2.05) is 20.8 Å². The van der Waals surface area contributed by atoms with Crippen molar-refractivity contribution in [3.63, 3.8) is 0 Å². The van der Waals surface area contributed by atoms with Crippen LogP contribution in [-0.4, -0.2) is 77.6 Å². The molecule has 0 N–H and O–H groups in total. The average molecular weight is 575 g/mol. The van der Waals surface area contributed by atoms with Gasteiger partial charge in [0.25, 0.3) is 0 Å². The highest BCUT2D eigenvalue weighted by atomic mass is 16.6. The number of carbonyl (C=O) groups excluding carboxylic acids is 1. The molecule has 0 amide bonds. The second-order valence-corrected chi connectivity index (χ2v) is 11.7. The summed E-state index contributed by atoms with van der Waals surface area (Å²) in [6.45, 7) is 13.4. The minimum absolute atomic E-state index is 0.244. The lowest BCUT2D eigenvalue weighted by Gasteiger charge is -2.19. The van der Waals surface area contributed by atoms with Crippen LogP contribution < -0.4 is 0 Å². The quantitative estimate of drug-likeness (QED) is 0.0594. The lowest BCUT2D eigenvalue weighted by Crippen LogP contribution is -2.24. The fraction of sp³-hybridized carbons (Fsp3) is 0.970. The lowest BCUT2D eigenvalue weighted by atomic mass is 10.0. The second-order valence-electron chi connectivity index (χ2n) is 11.7. The number of rotatable bonds is 32. The third-order valence-electron chi connectivity index (χ3n) is 6.50. The molecular formula is C33H66O7. The highest BCUT2D eigenvalue weighted by Gasteiger charge is 2.15. The number of hydrogen-bond donors (Lipinski definition) is 0. The fourth-order valence-electron chi connectivity index (χ4n) is 4.28. The number of ether oxygens (including phenoxy) is 6. The van der Waals surface area contributed by atoms with Crippen molar-refractivity contribution >= 4 is 5.97 Å². The summed E-state index contributed by atoms with van der Waals surface area (Å²) in [5, 5.41) is 0. The second kappa shape index (κ2) is 31.2. The summed E-state index contributed by atoms with van der Waals surface area (Å²) < 4.78 is 32.7. The highest BCUT2D eigenvalue weighted by Crippen LogP contribution is 2.13. The molecule has 0 spiro atoms. The van der Waals surface area contributed by atoms with Gasteiger partial charge in [-0.1, -0.05) is 103 Å². The Morgan fingerprint density at radius 2 is 0.725 bits per heavy atom. The first-order chi connectivity index (χ1) is 19.5. The number of carbonyl (C=O) groups is 1. The SMILES string of the molecule is CCCCCCCCCCCCCCCCCCOCCOCCOCCOCCOCCC(=O)OC(C)(C)C. The van der Waals surface area contributed by atoms with Gasteiger partial charge in [0.1, 0.15) is 5.60 Å². The van der Waals surface area contributed by atoms with Gasteiger partial charge in [0.05, 0.1) is 65.9 Å². The maximum Gasteiger partial charge on any atom is 0.308 e. The highest BCUT2D eigenvalue weighted by molar-refractivity contribution is 5.69. The smallest absolute Gasteiger partial charge is 0.308 e. The Labute approximate surface area is 247 Å². The zero-order valence-electron chi connectivity index (χ0n) is 26.9. The van der Waals surface area contributed by atoms with Crippen LogP contribution in [0.2, 0.25) is 0 Å². The van der Waals surface area contributed by atoms with Gasteiger partial charge in [0, 0.05) is 6.61 Å². The standard InChI is InChI=1S/C33H66O7/c1-5-6-7-8-9-10-11-12-13-14-15-16-17-18-19-20-22-35-24-26-37-28-30-39-31-29-38-27-25-36-23-21-32(34)40-33(2,3)4/h5-31H2,1-4H3. The molecule has 0 aliphatic carbocycles. The van der Waals surface area contributed by atoms with Crippen LogP contribution in [0.25, 0.3) is 0 Å². The normalized spacial score (nSPS) is 11.8. The maximum absolute atomic E-state index is 11.6. The van der Waals surface area contributed by atoms with Gasteiger partial charge >= 0.3 is 5.97 Å². The number of hydrogen-bond acceptors (Lipinski definition) is 7. The van der Waals surface area contributed by atoms with E-state index in [2.05, 4.69) is 6.92 Å². The first-order valence-electron chi connectivity index (χ1n) is 16.6. The molecule has 240 valence electrons. The summed E-state index contributed by atoms with van der Waals surface area (Å²) in [4.78, 5) is 11.6. The van der Waals surface area contributed by atoms with Crippen LogP contribution in [-0.2, 0) is 33.2 Å². The molecule has 7 heteroatoms. The average Bonchev–Trinajstić information content (AvgIpc) is 2.90. The minimum atomic E-state index is -0.454. The van der Waals surface area contributed by atoms with Gasteiger partial charge in [-0.05, 0) is 27.2 Å². The van der Waals surface area contributed by atoms with Crippen LogP contribution in [0.15, 0.2) is 0 Å². The molecular weight excluding hydrogens is 508 g/mol. The molecule has 0 aliphatic heterocycles. The van der Waals surface area contributed by atoms with Crippen molar-refractivity contribution in [1.29, 1.82) is 0 Å². The van der Waals surface area contributed by atoms with Crippen molar-refractivity contribution in [3.05, 3.63) is 0 Å². The number of unbranched alkanes of at least 4 members (excludes halogenated alkanes) is 15. The largest absolute Gasteiger partial charge is 0.460 e. The van der Waals surface area contributed by atoms with E-state index < -0.39 is 5.60 Å².